The molecule has 0 spiro atoms. The summed E-state index contributed by atoms with van der Waals surface area (Å²) in [6.45, 7) is 1.30. The van der Waals surface area contributed by atoms with E-state index in [4.69, 9.17) is 9.26 Å². The number of anilines is 2. The highest BCUT2D eigenvalue weighted by molar-refractivity contribution is 6.11. The van der Waals surface area contributed by atoms with Gasteiger partial charge in [0.25, 0.3) is 17.5 Å². The molecule has 0 aliphatic carbocycles. The summed E-state index contributed by atoms with van der Waals surface area (Å²) < 4.78 is 12.1. The van der Waals surface area contributed by atoms with Crippen LogP contribution >= 0.6 is 0 Å². The highest BCUT2D eigenvalue weighted by atomic mass is 16.6. The molecule has 2 aromatic heterocycles. The van der Waals surface area contributed by atoms with Crippen LogP contribution in [0.25, 0.3) is 28.7 Å². The Balaban J connectivity index is 1.65. The molecule has 2 heterocycles. The van der Waals surface area contributed by atoms with E-state index in [9.17, 15) is 19.7 Å². The molecule has 5 aromatic rings. The minimum atomic E-state index is -0.560. The van der Waals surface area contributed by atoms with Gasteiger partial charge in [-0.15, -0.1) is 0 Å². The summed E-state index contributed by atoms with van der Waals surface area (Å²) in [5.74, 6) is -0.461. The molecule has 0 fully saturated rings. The fourth-order valence-electron chi connectivity index (χ4n) is 3.88. The molecular weight excluding hydrogens is 518 g/mol. The van der Waals surface area contributed by atoms with Gasteiger partial charge in [0.2, 0.25) is 11.7 Å². The molecule has 13 heteroatoms. The van der Waals surface area contributed by atoms with Crippen LogP contribution in [0, 0.1) is 10.1 Å². The first-order valence-corrected chi connectivity index (χ1v) is 11.8. The first-order chi connectivity index (χ1) is 19.3. The first kappa shape index (κ1) is 25.8. The van der Waals surface area contributed by atoms with Crippen molar-refractivity contribution in [3.05, 3.63) is 94.7 Å². The third-order valence-electron chi connectivity index (χ3n) is 5.69. The van der Waals surface area contributed by atoms with E-state index >= 15 is 0 Å². The smallest absolute Gasteiger partial charge is 0.276 e. The molecule has 0 radical (unpaired) electrons. The molecular formula is C27H21N7O6. The van der Waals surface area contributed by atoms with Crippen LogP contribution in [0.15, 0.2) is 83.4 Å². The van der Waals surface area contributed by atoms with Crippen LogP contribution in [0.3, 0.4) is 0 Å². The SMILES string of the molecule is COc1cccc(-n2nc(-c3noc(-c4ccc([N+](=O)[O-])cc4)n3)c(NC(C)=O)c2C(=O)Nc2ccccc2)c1. The highest BCUT2D eigenvalue weighted by Crippen LogP contribution is 2.33. The van der Waals surface area contributed by atoms with Crippen molar-refractivity contribution in [1.29, 1.82) is 0 Å². The standard InChI is InChI=1S/C27H21N7O6/c1-16(35)28-22-23(25-30-27(40-32-25)17-11-13-19(14-12-17)34(37)38)31-33(20-9-6-10-21(15-20)39-2)24(22)26(36)29-18-7-4-3-5-8-18/h3-15H,1-2H3,(H,28,35)(H,29,36). The van der Waals surface area contributed by atoms with Crippen LogP contribution in [0.1, 0.15) is 17.4 Å². The van der Waals surface area contributed by atoms with Gasteiger partial charge in [-0.1, -0.05) is 29.4 Å². The first-order valence-electron chi connectivity index (χ1n) is 11.8. The number of methoxy groups -OCH3 is 1. The third kappa shape index (κ3) is 5.24. The monoisotopic (exact) mass is 539 g/mol. The van der Waals surface area contributed by atoms with Crippen molar-refractivity contribution < 1.29 is 23.8 Å². The van der Waals surface area contributed by atoms with Crippen LogP contribution in [-0.4, -0.2) is 43.8 Å². The van der Waals surface area contributed by atoms with Crippen molar-refractivity contribution in [2.75, 3.05) is 17.7 Å². The maximum Gasteiger partial charge on any atom is 0.276 e. The number of rotatable bonds is 8. The Morgan fingerprint density at radius 1 is 1.00 bits per heavy atom. The molecule has 200 valence electrons. The van der Waals surface area contributed by atoms with Gasteiger partial charge in [0.1, 0.15) is 11.4 Å². The van der Waals surface area contributed by atoms with Crippen molar-refractivity contribution in [1.82, 2.24) is 19.9 Å². The number of nitrogens with one attached hydrogen (secondary N) is 2. The van der Waals surface area contributed by atoms with Crippen LogP contribution in [-0.2, 0) is 4.79 Å². The van der Waals surface area contributed by atoms with Crippen LogP contribution < -0.4 is 15.4 Å². The fourth-order valence-corrected chi connectivity index (χ4v) is 3.88. The second-order valence-corrected chi connectivity index (χ2v) is 8.41. The number of aromatic nitrogens is 4. The average molecular weight is 540 g/mol. The van der Waals surface area contributed by atoms with Crippen LogP contribution in [0.5, 0.6) is 5.75 Å². The van der Waals surface area contributed by atoms with Gasteiger partial charge in [0.15, 0.2) is 11.4 Å². The van der Waals surface area contributed by atoms with E-state index in [0.29, 0.717) is 22.7 Å². The summed E-state index contributed by atoms with van der Waals surface area (Å²) >= 11 is 0. The molecule has 2 amide bonds. The van der Waals surface area contributed by atoms with Gasteiger partial charge in [-0.3, -0.25) is 19.7 Å². The Hall–Kier alpha value is -5.85. The Kier molecular flexibility index (Phi) is 7.01. The van der Waals surface area contributed by atoms with Crippen molar-refractivity contribution in [3.63, 3.8) is 0 Å². The minimum absolute atomic E-state index is 0.00370. The van der Waals surface area contributed by atoms with Crippen LogP contribution in [0.2, 0.25) is 0 Å². The number of carbonyl (C=O) groups is 2. The fraction of sp³-hybridized carbons (Fsp3) is 0.0741. The van der Waals surface area contributed by atoms with E-state index in [-0.39, 0.29) is 34.5 Å². The lowest BCUT2D eigenvalue weighted by molar-refractivity contribution is -0.384. The number of ether oxygens (including phenoxy) is 1. The Morgan fingerprint density at radius 2 is 1.75 bits per heavy atom. The lowest BCUT2D eigenvalue weighted by atomic mass is 10.2. The largest absolute Gasteiger partial charge is 0.497 e. The van der Waals surface area contributed by atoms with Crippen LogP contribution in [0.4, 0.5) is 17.1 Å². The summed E-state index contributed by atoms with van der Waals surface area (Å²) in [6, 6.07) is 21.2. The molecule has 0 atom stereocenters. The topological polar surface area (TPSA) is 167 Å². The lowest BCUT2D eigenvalue weighted by Gasteiger charge is -2.11. The van der Waals surface area contributed by atoms with Crippen molar-refractivity contribution in [2.45, 2.75) is 6.92 Å². The number of amides is 2. The number of nitro groups is 1. The molecule has 0 aliphatic rings. The Labute approximate surface area is 226 Å². The summed E-state index contributed by atoms with van der Waals surface area (Å²) in [6.07, 6.45) is 0. The maximum atomic E-state index is 13.6. The van der Waals surface area contributed by atoms with E-state index in [0.717, 1.165) is 0 Å². The summed E-state index contributed by atoms with van der Waals surface area (Å²) in [4.78, 5) is 40.8. The zero-order valence-corrected chi connectivity index (χ0v) is 21.2. The second kappa shape index (κ2) is 10.9. The van der Waals surface area contributed by atoms with E-state index in [2.05, 4.69) is 25.9 Å². The molecule has 2 N–H and O–H groups in total. The van der Waals surface area contributed by atoms with Crippen molar-refractivity contribution in [3.8, 4) is 34.4 Å². The van der Waals surface area contributed by atoms with Gasteiger partial charge < -0.3 is 19.9 Å². The quantitative estimate of drug-likeness (QED) is 0.209. The summed E-state index contributed by atoms with van der Waals surface area (Å²) in [5, 5.41) is 25.1. The summed E-state index contributed by atoms with van der Waals surface area (Å²) in [5.41, 5.74) is 1.45. The van der Waals surface area contributed by atoms with Gasteiger partial charge in [-0.25, -0.2) is 4.68 Å². The molecule has 0 unspecified atom stereocenters. The van der Waals surface area contributed by atoms with Crippen molar-refractivity contribution >= 4 is 28.9 Å². The number of nitro benzene ring substituents is 1. The molecule has 0 bridgehead atoms. The number of hydrogen-bond donors (Lipinski definition) is 2. The molecule has 13 nitrogen and oxygen atoms in total. The Bertz CT molecular complexity index is 1710. The number of para-hydroxylation sites is 1. The molecule has 3 aromatic carbocycles. The molecule has 0 saturated carbocycles. The molecule has 0 saturated heterocycles. The molecule has 0 aliphatic heterocycles. The second-order valence-electron chi connectivity index (χ2n) is 8.41. The lowest BCUT2D eigenvalue weighted by Crippen LogP contribution is -2.20. The minimum Gasteiger partial charge on any atom is -0.497 e. The van der Waals surface area contributed by atoms with Gasteiger partial charge in [-0.05, 0) is 36.4 Å². The zero-order chi connectivity index (χ0) is 28.2. The van der Waals surface area contributed by atoms with Crippen molar-refractivity contribution in [2.24, 2.45) is 0 Å². The van der Waals surface area contributed by atoms with Gasteiger partial charge in [-0.2, -0.15) is 10.1 Å². The Morgan fingerprint density at radius 3 is 2.42 bits per heavy atom. The number of carbonyl (C=O) groups excluding carboxylic acids is 2. The van der Waals surface area contributed by atoms with Gasteiger partial charge >= 0.3 is 0 Å². The van der Waals surface area contributed by atoms with Gasteiger partial charge in [0.05, 0.1) is 17.7 Å². The average Bonchev–Trinajstić information content (AvgIpc) is 3.59. The predicted molar refractivity (Wildman–Crippen MR) is 144 cm³/mol. The number of benzene rings is 3. The van der Waals surface area contributed by atoms with Gasteiger partial charge in [0, 0.05) is 36.4 Å². The van der Waals surface area contributed by atoms with E-state index in [1.807, 2.05) is 6.07 Å². The molecule has 5 rings (SSSR count). The normalized spacial score (nSPS) is 10.7. The predicted octanol–water partition coefficient (Wildman–Crippen LogP) is 4.72. The third-order valence-corrected chi connectivity index (χ3v) is 5.69. The van der Waals surface area contributed by atoms with E-state index < -0.39 is 16.7 Å². The highest BCUT2D eigenvalue weighted by Gasteiger charge is 2.29. The van der Waals surface area contributed by atoms with E-state index in [1.165, 1.54) is 43.0 Å². The summed E-state index contributed by atoms with van der Waals surface area (Å²) in [7, 11) is 1.51. The zero-order valence-electron chi connectivity index (χ0n) is 21.2. The number of nitrogens with zero attached hydrogens (tertiary/aromatic N) is 5. The number of non-ortho nitro benzene ring substituents is 1. The number of hydrogen-bond acceptors (Lipinski definition) is 9. The maximum absolute atomic E-state index is 13.6. The van der Waals surface area contributed by atoms with E-state index in [1.54, 1.807) is 48.5 Å². The molecule has 40 heavy (non-hydrogen) atoms.